The fourth-order valence-electron chi connectivity index (χ4n) is 3.61. The first-order valence-corrected chi connectivity index (χ1v) is 12.0. The van der Waals surface area contributed by atoms with Crippen LogP contribution >= 0.6 is 11.6 Å². The van der Waals surface area contributed by atoms with Crippen LogP contribution in [0.4, 0.5) is 0 Å². The third-order valence-electron chi connectivity index (χ3n) is 5.26. The lowest BCUT2D eigenvalue weighted by Gasteiger charge is -2.12. The van der Waals surface area contributed by atoms with Gasteiger partial charge >= 0.3 is 0 Å². The Balaban J connectivity index is 1.65. The molecule has 0 amide bonds. The molecule has 0 bridgehead atoms. The highest BCUT2D eigenvalue weighted by Gasteiger charge is 2.17. The molecule has 0 aliphatic heterocycles. The quantitative estimate of drug-likeness (QED) is 0.403. The van der Waals surface area contributed by atoms with Gasteiger partial charge in [0.05, 0.1) is 33.7 Å². The molecule has 1 N–H and O–H groups in total. The zero-order valence-electron chi connectivity index (χ0n) is 17.8. The Morgan fingerprint density at radius 3 is 2.68 bits per heavy atom. The van der Waals surface area contributed by atoms with E-state index in [0.717, 1.165) is 5.39 Å². The van der Waals surface area contributed by atoms with Gasteiger partial charge in [0.1, 0.15) is 0 Å². The number of hydrogen-bond donors (Lipinski definition) is 1. The number of nitrogens with zero attached hydrogens (tertiary/aromatic N) is 5. The maximum atomic E-state index is 12.8. The maximum Gasteiger partial charge on any atom is 0.240 e. The van der Waals surface area contributed by atoms with Crippen LogP contribution in [0.3, 0.4) is 0 Å². The van der Waals surface area contributed by atoms with E-state index in [1.807, 2.05) is 6.07 Å². The fourth-order valence-corrected chi connectivity index (χ4v) is 4.54. The lowest BCUT2D eigenvalue weighted by molar-refractivity contribution is 0.588. The molecule has 3 heterocycles. The summed E-state index contributed by atoms with van der Waals surface area (Å²) in [6.45, 7) is 0. The number of fused-ring (bicyclic) bond motifs is 1. The van der Waals surface area contributed by atoms with Crippen molar-refractivity contribution in [1.82, 2.24) is 29.3 Å². The summed E-state index contributed by atoms with van der Waals surface area (Å²) >= 11 is 6.11. The summed E-state index contributed by atoms with van der Waals surface area (Å²) in [6, 6.07) is 16.5. The van der Waals surface area contributed by atoms with Gasteiger partial charge in [0.15, 0.2) is 5.69 Å². The number of pyridine rings is 1. The van der Waals surface area contributed by atoms with Crippen LogP contribution in [0.1, 0.15) is 0 Å². The molecular weight excluding hydrogens is 476 g/mol. The Hall–Kier alpha value is -3.86. The number of aromatic nitrogens is 5. The van der Waals surface area contributed by atoms with Gasteiger partial charge in [-0.2, -0.15) is 10.2 Å². The van der Waals surface area contributed by atoms with E-state index in [0.29, 0.717) is 27.6 Å². The lowest BCUT2D eigenvalue weighted by atomic mass is 10.2. The van der Waals surface area contributed by atoms with Gasteiger partial charge in [-0.1, -0.05) is 17.7 Å². The lowest BCUT2D eigenvalue weighted by Crippen LogP contribution is -2.19. The van der Waals surface area contributed by atoms with Gasteiger partial charge in [0.2, 0.25) is 15.5 Å². The number of rotatable bonds is 5. The van der Waals surface area contributed by atoms with Crippen molar-refractivity contribution in [2.45, 2.75) is 4.90 Å². The molecule has 0 unspecified atom stereocenters. The molecule has 0 saturated carbocycles. The first-order valence-electron chi connectivity index (χ1n) is 10.1. The molecule has 170 valence electrons. The van der Waals surface area contributed by atoms with Gasteiger partial charge in [-0.25, -0.2) is 22.5 Å². The van der Waals surface area contributed by atoms with Crippen LogP contribution in [0.5, 0.6) is 0 Å². The van der Waals surface area contributed by atoms with Gasteiger partial charge < -0.3 is 0 Å². The normalized spacial score (nSPS) is 11.7. The Bertz CT molecular complexity index is 1710. The fraction of sp³-hybridized carbons (Fsp3) is 0.0435. The van der Waals surface area contributed by atoms with Crippen molar-refractivity contribution in [3.05, 3.63) is 94.5 Å². The third kappa shape index (κ3) is 3.87. The van der Waals surface area contributed by atoms with Crippen molar-refractivity contribution in [2.75, 3.05) is 7.05 Å². The largest absolute Gasteiger partial charge is 0.287 e. The van der Waals surface area contributed by atoms with Crippen molar-refractivity contribution in [1.29, 1.82) is 0 Å². The van der Waals surface area contributed by atoms with Crippen LogP contribution < -0.4 is 10.2 Å². The average Bonchev–Trinajstić information content (AvgIpc) is 3.33. The molecular formula is C23H17ClN6O3S. The van der Waals surface area contributed by atoms with Crippen LogP contribution in [0.2, 0.25) is 5.02 Å². The van der Waals surface area contributed by atoms with Crippen molar-refractivity contribution in [3.8, 4) is 22.8 Å². The Morgan fingerprint density at radius 2 is 1.85 bits per heavy atom. The second kappa shape index (κ2) is 8.49. The third-order valence-corrected chi connectivity index (χ3v) is 6.91. The SMILES string of the molecule is CNS(=O)(=O)c1cccc(-n2ccc(=O)c(-c3ccnn3-c3ccnc4cc(Cl)ccc34)n2)c1. The van der Waals surface area contributed by atoms with Crippen LogP contribution in [0.25, 0.3) is 33.7 Å². The molecule has 0 fully saturated rings. The molecule has 0 atom stereocenters. The highest BCUT2D eigenvalue weighted by molar-refractivity contribution is 7.89. The summed E-state index contributed by atoms with van der Waals surface area (Å²) in [4.78, 5) is 17.3. The summed E-state index contributed by atoms with van der Waals surface area (Å²) in [5, 5.41) is 10.3. The van der Waals surface area contributed by atoms with E-state index in [9.17, 15) is 13.2 Å². The molecule has 0 saturated heterocycles. The Morgan fingerprint density at radius 1 is 1.00 bits per heavy atom. The smallest absolute Gasteiger partial charge is 0.240 e. The Kier molecular flexibility index (Phi) is 5.48. The van der Waals surface area contributed by atoms with Crippen molar-refractivity contribution in [2.24, 2.45) is 0 Å². The molecule has 2 aromatic carbocycles. The van der Waals surface area contributed by atoms with Crippen molar-refractivity contribution >= 4 is 32.5 Å². The first kappa shape index (κ1) is 22.0. The van der Waals surface area contributed by atoms with Gasteiger partial charge in [-0.05, 0) is 55.6 Å². The first-order chi connectivity index (χ1) is 16.4. The van der Waals surface area contributed by atoms with E-state index in [1.54, 1.807) is 53.5 Å². The number of sulfonamides is 1. The predicted octanol–water partition coefficient (Wildman–Crippen LogP) is 3.19. The number of nitrogens with one attached hydrogen (secondary N) is 1. The topological polar surface area (TPSA) is 112 Å². The van der Waals surface area contributed by atoms with E-state index in [4.69, 9.17) is 11.6 Å². The van der Waals surface area contributed by atoms with Crippen LogP contribution in [0.15, 0.2) is 88.9 Å². The minimum absolute atomic E-state index is 0.0847. The van der Waals surface area contributed by atoms with Crippen LogP contribution in [0, 0.1) is 0 Å². The highest BCUT2D eigenvalue weighted by Crippen LogP contribution is 2.26. The predicted molar refractivity (Wildman–Crippen MR) is 129 cm³/mol. The van der Waals surface area contributed by atoms with Gasteiger partial charge in [0.25, 0.3) is 0 Å². The van der Waals surface area contributed by atoms with E-state index < -0.39 is 10.0 Å². The number of halogens is 1. The molecule has 34 heavy (non-hydrogen) atoms. The van der Waals surface area contributed by atoms with E-state index in [1.165, 1.54) is 36.1 Å². The number of benzene rings is 2. The van der Waals surface area contributed by atoms with E-state index in [-0.39, 0.29) is 16.0 Å². The maximum absolute atomic E-state index is 12.8. The number of hydrogen-bond acceptors (Lipinski definition) is 6. The summed E-state index contributed by atoms with van der Waals surface area (Å²) < 4.78 is 29.8. The second-order valence-electron chi connectivity index (χ2n) is 7.30. The zero-order chi connectivity index (χ0) is 23.9. The summed E-state index contributed by atoms with van der Waals surface area (Å²) in [5.74, 6) is 0. The molecule has 9 nitrogen and oxygen atoms in total. The molecule has 5 rings (SSSR count). The molecule has 3 aromatic heterocycles. The summed E-state index contributed by atoms with van der Waals surface area (Å²) in [7, 11) is -2.30. The standard InChI is InChI=1S/C23H17ClN6O3S/c1-25-34(32,33)17-4-2-3-16(14-17)29-12-9-22(31)23(28-29)21-8-11-27-30(21)20-7-10-26-19-13-15(24)5-6-18(19)20/h2-14,25H,1H3. The Labute approximate surface area is 199 Å². The van der Waals surface area contributed by atoms with Crippen molar-refractivity contribution in [3.63, 3.8) is 0 Å². The molecule has 0 aliphatic carbocycles. The van der Waals surface area contributed by atoms with E-state index in [2.05, 4.69) is 19.9 Å². The molecule has 0 radical (unpaired) electrons. The average molecular weight is 493 g/mol. The van der Waals surface area contributed by atoms with Gasteiger partial charge in [-0.15, -0.1) is 0 Å². The summed E-state index contributed by atoms with van der Waals surface area (Å²) in [6.07, 6.45) is 4.71. The van der Waals surface area contributed by atoms with Gasteiger partial charge in [-0.3, -0.25) is 9.78 Å². The highest BCUT2D eigenvalue weighted by atomic mass is 35.5. The molecule has 5 aromatic rings. The second-order valence-corrected chi connectivity index (χ2v) is 9.62. The van der Waals surface area contributed by atoms with Crippen LogP contribution in [-0.4, -0.2) is 40.0 Å². The minimum Gasteiger partial charge on any atom is -0.287 e. The zero-order valence-corrected chi connectivity index (χ0v) is 19.3. The van der Waals surface area contributed by atoms with Gasteiger partial charge in [0, 0.05) is 28.9 Å². The molecule has 0 aliphatic rings. The van der Waals surface area contributed by atoms with E-state index >= 15 is 0 Å². The minimum atomic E-state index is -3.64. The van der Waals surface area contributed by atoms with Crippen molar-refractivity contribution < 1.29 is 8.42 Å². The molecule has 11 heteroatoms. The monoisotopic (exact) mass is 492 g/mol. The summed E-state index contributed by atoms with van der Waals surface area (Å²) in [5.41, 5.74) is 2.19. The molecule has 0 spiro atoms. The van der Waals surface area contributed by atoms with Crippen LogP contribution in [-0.2, 0) is 10.0 Å².